The van der Waals surface area contributed by atoms with Crippen LogP contribution in [0.15, 0.2) is 52.4 Å². The number of halogens is 1. The fraction of sp³-hybridized carbons (Fsp3) is 0.0714. The Bertz CT molecular complexity index is 688. The first-order valence-electron chi connectivity index (χ1n) is 5.59. The first kappa shape index (κ1) is 11.8. The van der Waals surface area contributed by atoms with E-state index in [0.29, 0.717) is 0 Å². The van der Waals surface area contributed by atoms with Crippen LogP contribution in [0.5, 0.6) is 0 Å². The van der Waals surface area contributed by atoms with Crippen molar-refractivity contribution in [2.75, 3.05) is 0 Å². The molecule has 2 N–H and O–H groups in total. The number of aromatic nitrogens is 1. The number of pyridine rings is 1. The SMILES string of the molecule is NC(c1sccc1Br)c1nccc2ccccc12. The lowest BCUT2D eigenvalue weighted by molar-refractivity contribution is 0.855. The zero-order chi connectivity index (χ0) is 12.5. The summed E-state index contributed by atoms with van der Waals surface area (Å²) in [5.74, 6) is 0. The van der Waals surface area contributed by atoms with E-state index in [9.17, 15) is 0 Å². The second kappa shape index (κ2) is 4.80. The van der Waals surface area contributed by atoms with Gasteiger partial charge in [-0.1, -0.05) is 24.3 Å². The van der Waals surface area contributed by atoms with Crippen molar-refractivity contribution in [1.82, 2.24) is 4.98 Å². The van der Waals surface area contributed by atoms with Crippen molar-refractivity contribution < 1.29 is 0 Å². The van der Waals surface area contributed by atoms with Crippen LogP contribution < -0.4 is 5.73 Å². The van der Waals surface area contributed by atoms with Gasteiger partial charge in [0.15, 0.2) is 0 Å². The Balaban J connectivity index is 2.18. The second-order valence-electron chi connectivity index (χ2n) is 4.03. The van der Waals surface area contributed by atoms with E-state index >= 15 is 0 Å². The summed E-state index contributed by atoms with van der Waals surface area (Å²) in [6, 6.07) is 12.0. The maximum atomic E-state index is 6.35. The highest BCUT2D eigenvalue weighted by Crippen LogP contribution is 2.33. The molecule has 4 heteroatoms. The van der Waals surface area contributed by atoms with Gasteiger partial charge in [0.25, 0.3) is 0 Å². The van der Waals surface area contributed by atoms with E-state index in [0.717, 1.165) is 20.4 Å². The number of nitrogens with zero attached hydrogens (tertiary/aromatic N) is 1. The molecule has 0 saturated heterocycles. The molecule has 1 unspecified atom stereocenters. The smallest absolute Gasteiger partial charge is 0.0837 e. The van der Waals surface area contributed by atoms with Crippen LogP contribution in [0.4, 0.5) is 0 Å². The minimum atomic E-state index is -0.189. The average Bonchev–Trinajstić information content (AvgIpc) is 2.83. The lowest BCUT2D eigenvalue weighted by Crippen LogP contribution is -2.13. The molecule has 18 heavy (non-hydrogen) atoms. The Hall–Kier alpha value is -1.23. The van der Waals surface area contributed by atoms with Crippen molar-refractivity contribution in [2.45, 2.75) is 6.04 Å². The summed E-state index contributed by atoms with van der Waals surface area (Å²) in [4.78, 5) is 5.57. The molecule has 1 atom stereocenters. The maximum Gasteiger partial charge on any atom is 0.0837 e. The highest BCUT2D eigenvalue weighted by atomic mass is 79.9. The fourth-order valence-corrected chi connectivity index (χ4v) is 3.67. The summed E-state index contributed by atoms with van der Waals surface area (Å²) in [6.45, 7) is 0. The first-order valence-corrected chi connectivity index (χ1v) is 7.27. The maximum absolute atomic E-state index is 6.35. The van der Waals surface area contributed by atoms with Gasteiger partial charge in [-0.2, -0.15) is 0 Å². The van der Waals surface area contributed by atoms with Gasteiger partial charge in [-0.25, -0.2) is 0 Å². The van der Waals surface area contributed by atoms with Gasteiger partial charge in [0.05, 0.1) is 11.7 Å². The number of thiophene rings is 1. The Labute approximate surface area is 118 Å². The summed E-state index contributed by atoms with van der Waals surface area (Å²) in [5.41, 5.74) is 7.27. The van der Waals surface area contributed by atoms with Gasteiger partial charge < -0.3 is 5.73 Å². The van der Waals surface area contributed by atoms with Gasteiger partial charge in [0.1, 0.15) is 0 Å². The molecule has 0 aliphatic heterocycles. The van der Waals surface area contributed by atoms with Gasteiger partial charge in [-0.05, 0) is 38.8 Å². The quantitative estimate of drug-likeness (QED) is 0.772. The molecule has 2 heterocycles. The number of fused-ring (bicyclic) bond motifs is 1. The second-order valence-corrected chi connectivity index (χ2v) is 5.83. The molecule has 3 rings (SSSR count). The molecule has 1 aromatic carbocycles. The molecule has 90 valence electrons. The average molecular weight is 319 g/mol. The zero-order valence-electron chi connectivity index (χ0n) is 9.51. The Kier molecular flexibility index (Phi) is 3.16. The van der Waals surface area contributed by atoms with Gasteiger partial charge in [0.2, 0.25) is 0 Å². The number of hydrogen-bond acceptors (Lipinski definition) is 3. The van der Waals surface area contributed by atoms with Crippen LogP contribution >= 0.6 is 27.3 Å². The number of benzene rings is 1. The summed E-state index contributed by atoms with van der Waals surface area (Å²) in [5, 5.41) is 4.32. The van der Waals surface area contributed by atoms with Crippen LogP contribution in [0.2, 0.25) is 0 Å². The molecule has 3 aromatic rings. The van der Waals surface area contributed by atoms with Gasteiger partial charge in [-0.15, -0.1) is 11.3 Å². The molecule has 0 radical (unpaired) electrons. The summed E-state index contributed by atoms with van der Waals surface area (Å²) >= 11 is 5.18. The molecule has 0 saturated carbocycles. The highest BCUT2D eigenvalue weighted by molar-refractivity contribution is 9.10. The number of nitrogens with two attached hydrogens (primary N) is 1. The molecule has 0 bridgehead atoms. The molecular weight excluding hydrogens is 308 g/mol. The monoisotopic (exact) mass is 318 g/mol. The van der Waals surface area contributed by atoms with Crippen molar-refractivity contribution >= 4 is 38.0 Å². The van der Waals surface area contributed by atoms with Crippen molar-refractivity contribution in [1.29, 1.82) is 0 Å². The summed E-state index contributed by atoms with van der Waals surface area (Å²) < 4.78 is 1.05. The van der Waals surface area contributed by atoms with Crippen LogP contribution in [0.1, 0.15) is 16.6 Å². The van der Waals surface area contributed by atoms with Crippen LogP contribution in [-0.2, 0) is 0 Å². The van der Waals surface area contributed by atoms with Gasteiger partial charge >= 0.3 is 0 Å². The van der Waals surface area contributed by atoms with Crippen LogP contribution in [-0.4, -0.2) is 4.98 Å². The van der Waals surface area contributed by atoms with E-state index in [1.54, 1.807) is 11.3 Å². The van der Waals surface area contributed by atoms with E-state index in [1.165, 1.54) is 5.39 Å². The third-order valence-electron chi connectivity index (χ3n) is 2.93. The van der Waals surface area contributed by atoms with Crippen LogP contribution in [0.25, 0.3) is 10.8 Å². The normalized spacial score (nSPS) is 12.8. The molecule has 0 aliphatic carbocycles. The van der Waals surface area contributed by atoms with Gasteiger partial charge in [-0.3, -0.25) is 4.98 Å². The minimum absolute atomic E-state index is 0.189. The molecular formula is C14H11BrN2S. The van der Waals surface area contributed by atoms with E-state index in [-0.39, 0.29) is 6.04 Å². The molecule has 0 spiro atoms. The van der Waals surface area contributed by atoms with E-state index in [1.807, 2.05) is 35.8 Å². The number of hydrogen-bond donors (Lipinski definition) is 1. The third kappa shape index (κ3) is 1.96. The minimum Gasteiger partial charge on any atom is -0.318 e. The van der Waals surface area contributed by atoms with E-state index < -0.39 is 0 Å². The predicted molar refractivity (Wildman–Crippen MR) is 79.8 cm³/mol. The van der Waals surface area contributed by atoms with E-state index in [4.69, 9.17) is 5.73 Å². The Morgan fingerprint density at radius 1 is 1.17 bits per heavy atom. The Morgan fingerprint density at radius 3 is 2.78 bits per heavy atom. The highest BCUT2D eigenvalue weighted by Gasteiger charge is 2.17. The van der Waals surface area contributed by atoms with Crippen molar-refractivity contribution in [3.63, 3.8) is 0 Å². The largest absolute Gasteiger partial charge is 0.318 e. The summed E-state index contributed by atoms with van der Waals surface area (Å²) in [7, 11) is 0. The molecule has 2 aromatic heterocycles. The van der Waals surface area contributed by atoms with Crippen LogP contribution in [0, 0.1) is 0 Å². The third-order valence-corrected chi connectivity index (χ3v) is 4.88. The van der Waals surface area contributed by atoms with E-state index in [2.05, 4.69) is 33.0 Å². The number of rotatable bonds is 2. The fourth-order valence-electron chi connectivity index (χ4n) is 2.04. The first-order chi connectivity index (χ1) is 8.77. The zero-order valence-corrected chi connectivity index (χ0v) is 11.9. The predicted octanol–water partition coefficient (Wildman–Crippen LogP) is 4.11. The van der Waals surface area contributed by atoms with Crippen LogP contribution in [0.3, 0.4) is 0 Å². The lowest BCUT2D eigenvalue weighted by Gasteiger charge is -2.12. The molecule has 0 amide bonds. The van der Waals surface area contributed by atoms with Crippen molar-refractivity contribution in [3.8, 4) is 0 Å². The van der Waals surface area contributed by atoms with Crippen molar-refractivity contribution in [2.24, 2.45) is 5.73 Å². The summed E-state index contributed by atoms with van der Waals surface area (Å²) in [6.07, 6.45) is 1.82. The molecule has 2 nitrogen and oxygen atoms in total. The standard InChI is InChI=1S/C14H11BrN2S/c15-11-6-8-18-14(11)12(16)13-10-4-2-1-3-9(10)5-7-17-13/h1-8,12H,16H2. The van der Waals surface area contributed by atoms with Crippen molar-refractivity contribution in [3.05, 3.63) is 63.0 Å². The Morgan fingerprint density at radius 2 is 2.00 bits per heavy atom. The lowest BCUT2D eigenvalue weighted by atomic mass is 10.0. The molecule has 0 aliphatic rings. The molecule has 0 fully saturated rings. The topological polar surface area (TPSA) is 38.9 Å². The van der Waals surface area contributed by atoms with Gasteiger partial charge in [0, 0.05) is 20.9 Å².